The number of halogens is 1. The Morgan fingerprint density at radius 3 is 2.58 bits per heavy atom. The largest absolute Gasteiger partial charge is 0.356 e. The average Bonchev–Trinajstić information content (AvgIpc) is 3.30. The minimum atomic E-state index is -0.379. The van der Waals surface area contributed by atoms with Gasteiger partial charge in [0, 0.05) is 37.9 Å². The quantitative estimate of drug-likeness (QED) is 0.519. The molecule has 0 saturated carbocycles. The van der Waals surface area contributed by atoms with Crippen LogP contribution in [0.4, 0.5) is 11.5 Å². The molecule has 2 aromatic heterocycles. The molecule has 2 amide bonds. The van der Waals surface area contributed by atoms with E-state index in [0.29, 0.717) is 21.2 Å². The van der Waals surface area contributed by atoms with Gasteiger partial charge < -0.3 is 15.1 Å². The first-order valence-corrected chi connectivity index (χ1v) is 11.8. The second-order valence-corrected chi connectivity index (χ2v) is 9.48. The van der Waals surface area contributed by atoms with E-state index in [1.165, 1.54) is 0 Å². The normalized spacial score (nSPS) is 14.1. The number of nitrogens with one attached hydrogen (secondary N) is 1. The van der Waals surface area contributed by atoms with Gasteiger partial charge in [-0.2, -0.15) is 0 Å². The number of piperidine rings is 1. The molecule has 0 spiro atoms. The molecular formula is C24H23ClN4O3S. The molecule has 0 aliphatic carbocycles. The highest BCUT2D eigenvalue weighted by Gasteiger charge is 2.29. The van der Waals surface area contributed by atoms with Crippen molar-refractivity contribution in [2.75, 3.05) is 30.4 Å². The minimum Gasteiger partial charge on any atom is -0.356 e. The molecular weight excluding hydrogens is 460 g/mol. The number of hydrogen-bond acceptors (Lipinski definition) is 6. The molecule has 170 valence electrons. The van der Waals surface area contributed by atoms with Crippen molar-refractivity contribution in [3.05, 3.63) is 75.1 Å². The number of nitrogens with zero attached hydrogens (tertiary/aromatic N) is 3. The molecule has 0 atom stereocenters. The van der Waals surface area contributed by atoms with Crippen LogP contribution in [-0.2, 0) is 0 Å². The monoisotopic (exact) mass is 482 g/mol. The highest BCUT2D eigenvalue weighted by atomic mass is 35.5. The molecule has 0 unspecified atom stereocenters. The smallest absolute Gasteiger partial charge is 0.265 e. The highest BCUT2D eigenvalue weighted by Crippen LogP contribution is 2.27. The topological polar surface area (TPSA) is 82.6 Å². The minimum absolute atomic E-state index is 0.0109. The summed E-state index contributed by atoms with van der Waals surface area (Å²) >= 11 is 7.08. The number of rotatable bonds is 6. The van der Waals surface area contributed by atoms with Crippen LogP contribution >= 0.6 is 22.9 Å². The number of aromatic nitrogens is 1. The fourth-order valence-corrected chi connectivity index (χ4v) is 4.94. The first-order valence-electron chi connectivity index (χ1n) is 10.6. The molecule has 9 heteroatoms. The van der Waals surface area contributed by atoms with Crippen LogP contribution in [0, 0.1) is 0 Å². The van der Waals surface area contributed by atoms with Crippen LogP contribution in [0.3, 0.4) is 0 Å². The van der Waals surface area contributed by atoms with Crippen LogP contribution in [0.1, 0.15) is 43.2 Å². The summed E-state index contributed by atoms with van der Waals surface area (Å²) in [6, 6.07) is 13.9. The van der Waals surface area contributed by atoms with Gasteiger partial charge in [-0.1, -0.05) is 29.8 Å². The first-order chi connectivity index (χ1) is 16.0. The zero-order chi connectivity index (χ0) is 23.4. The lowest BCUT2D eigenvalue weighted by molar-refractivity contribution is 0.0707. The van der Waals surface area contributed by atoms with Crippen molar-refractivity contribution in [1.29, 1.82) is 0 Å². The fraction of sp³-hybridized carbons (Fsp3) is 0.250. The molecule has 1 aliphatic rings. The molecule has 4 rings (SSSR count). The zero-order valence-electron chi connectivity index (χ0n) is 18.0. The Kier molecular flexibility index (Phi) is 7.05. The van der Waals surface area contributed by atoms with Crippen LogP contribution in [0.2, 0.25) is 4.34 Å². The maximum Gasteiger partial charge on any atom is 0.265 e. The van der Waals surface area contributed by atoms with Gasteiger partial charge in [0.05, 0.1) is 20.5 Å². The molecule has 1 aliphatic heterocycles. The molecule has 0 bridgehead atoms. The Bertz CT molecular complexity index is 1160. The predicted octanol–water partition coefficient (Wildman–Crippen LogP) is 4.60. The lowest BCUT2D eigenvalue weighted by atomic mass is 10.00. The molecule has 1 saturated heterocycles. The molecule has 0 radical (unpaired) electrons. The molecule has 1 fully saturated rings. The molecule has 1 aromatic carbocycles. The average molecular weight is 483 g/mol. The summed E-state index contributed by atoms with van der Waals surface area (Å²) < 4.78 is 0.495. The number of anilines is 2. The lowest BCUT2D eigenvalue weighted by Crippen LogP contribution is -2.46. The molecule has 33 heavy (non-hydrogen) atoms. The van der Waals surface area contributed by atoms with Gasteiger partial charge in [-0.05, 0) is 43.2 Å². The lowest BCUT2D eigenvalue weighted by Gasteiger charge is -2.37. The van der Waals surface area contributed by atoms with Crippen molar-refractivity contribution < 1.29 is 14.4 Å². The maximum absolute atomic E-state index is 13.5. The van der Waals surface area contributed by atoms with Crippen molar-refractivity contribution >= 4 is 52.5 Å². The van der Waals surface area contributed by atoms with Gasteiger partial charge in [0.2, 0.25) is 0 Å². The van der Waals surface area contributed by atoms with Gasteiger partial charge in [-0.3, -0.25) is 14.4 Å². The maximum atomic E-state index is 13.5. The summed E-state index contributed by atoms with van der Waals surface area (Å²) in [7, 11) is 1.75. The SMILES string of the molecule is CN(C(=O)c1c(C=O)cccc1NC(=O)c1ccc(Cl)s1)C1CCN(c2ccccn2)CC1. The Morgan fingerprint density at radius 2 is 1.94 bits per heavy atom. The van der Waals surface area contributed by atoms with E-state index in [0.717, 1.165) is 43.1 Å². The molecule has 3 heterocycles. The van der Waals surface area contributed by atoms with E-state index in [2.05, 4.69) is 15.2 Å². The van der Waals surface area contributed by atoms with E-state index in [9.17, 15) is 14.4 Å². The van der Waals surface area contributed by atoms with Gasteiger partial charge in [0.15, 0.2) is 6.29 Å². The number of thiophene rings is 1. The Hall–Kier alpha value is -3.23. The third-order valence-electron chi connectivity index (χ3n) is 5.79. The summed E-state index contributed by atoms with van der Waals surface area (Å²) in [4.78, 5) is 46.6. The van der Waals surface area contributed by atoms with Crippen molar-refractivity contribution in [1.82, 2.24) is 9.88 Å². The second-order valence-electron chi connectivity index (χ2n) is 7.77. The predicted molar refractivity (Wildman–Crippen MR) is 131 cm³/mol. The number of hydrogen-bond donors (Lipinski definition) is 1. The second kappa shape index (κ2) is 10.1. The van der Waals surface area contributed by atoms with E-state index in [4.69, 9.17) is 11.6 Å². The van der Waals surface area contributed by atoms with Crippen molar-refractivity contribution in [2.24, 2.45) is 0 Å². The third-order valence-corrected chi connectivity index (χ3v) is 7.02. The summed E-state index contributed by atoms with van der Waals surface area (Å²) in [5.41, 5.74) is 0.731. The first kappa shape index (κ1) is 22.9. The zero-order valence-corrected chi connectivity index (χ0v) is 19.6. The Morgan fingerprint density at radius 1 is 1.15 bits per heavy atom. The Balaban J connectivity index is 1.51. The van der Waals surface area contributed by atoms with Gasteiger partial charge in [-0.15, -0.1) is 11.3 Å². The number of carbonyl (C=O) groups is 3. The summed E-state index contributed by atoms with van der Waals surface area (Å²) in [5.74, 6) is 0.249. The van der Waals surface area contributed by atoms with Gasteiger partial charge in [0.25, 0.3) is 11.8 Å². The van der Waals surface area contributed by atoms with Gasteiger partial charge in [0.1, 0.15) is 5.82 Å². The van der Waals surface area contributed by atoms with Crippen LogP contribution in [0.15, 0.2) is 54.7 Å². The van der Waals surface area contributed by atoms with Crippen molar-refractivity contribution in [2.45, 2.75) is 18.9 Å². The van der Waals surface area contributed by atoms with Gasteiger partial charge >= 0.3 is 0 Å². The van der Waals surface area contributed by atoms with E-state index in [1.807, 2.05) is 18.2 Å². The van der Waals surface area contributed by atoms with E-state index in [-0.39, 0.29) is 29.0 Å². The van der Waals surface area contributed by atoms with E-state index in [1.54, 1.807) is 48.5 Å². The summed E-state index contributed by atoms with van der Waals surface area (Å²) in [6.45, 7) is 1.55. The summed E-state index contributed by atoms with van der Waals surface area (Å²) in [5, 5.41) is 2.77. The fourth-order valence-electron chi connectivity index (χ4n) is 4.00. The van der Waals surface area contributed by atoms with Crippen LogP contribution in [0.5, 0.6) is 0 Å². The van der Waals surface area contributed by atoms with Crippen molar-refractivity contribution in [3.8, 4) is 0 Å². The molecule has 1 N–H and O–H groups in total. The van der Waals surface area contributed by atoms with Crippen LogP contribution in [0.25, 0.3) is 0 Å². The number of benzene rings is 1. The molecule has 3 aromatic rings. The van der Waals surface area contributed by atoms with E-state index >= 15 is 0 Å². The van der Waals surface area contributed by atoms with E-state index < -0.39 is 0 Å². The molecule has 7 nitrogen and oxygen atoms in total. The van der Waals surface area contributed by atoms with Crippen LogP contribution < -0.4 is 10.2 Å². The highest BCUT2D eigenvalue weighted by molar-refractivity contribution is 7.18. The number of pyridine rings is 1. The van der Waals surface area contributed by atoms with Crippen molar-refractivity contribution in [3.63, 3.8) is 0 Å². The van der Waals surface area contributed by atoms with Gasteiger partial charge in [-0.25, -0.2) is 4.98 Å². The van der Waals surface area contributed by atoms with Crippen LogP contribution in [-0.4, -0.2) is 54.2 Å². The number of carbonyl (C=O) groups excluding carboxylic acids is 3. The Labute approximate surface area is 201 Å². The number of aldehydes is 1. The standard InChI is InChI=1S/C24H23ClN4O3S/c1-28(17-10-13-29(14-11-17)21-7-2-3-12-26-21)24(32)22-16(15-30)5-4-6-18(22)27-23(31)19-8-9-20(25)33-19/h2-9,12,15,17H,10-11,13-14H2,1H3,(H,27,31). The summed E-state index contributed by atoms with van der Waals surface area (Å²) in [6.07, 6.45) is 3.96. The number of amides is 2. The third kappa shape index (κ3) is 5.07.